The van der Waals surface area contributed by atoms with Crippen molar-refractivity contribution in [3.05, 3.63) is 30.1 Å². The van der Waals surface area contributed by atoms with Gasteiger partial charge < -0.3 is 5.32 Å². The second kappa shape index (κ2) is 6.55. The summed E-state index contributed by atoms with van der Waals surface area (Å²) in [5.74, 6) is 0.838. The van der Waals surface area contributed by atoms with Gasteiger partial charge in [0, 0.05) is 42.4 Å². The van der Waals surface area contributed by atoms with E-state index in [1.807, 2.05) is 12.1 Å². The fourth-order valence-electron chi connectivity index (χ4n) is 2.47. The van der Waals surface area contributed by atoms with Crippen LogP contribution in [0.1, 0.15) is 13.8 Å². The highest BCUT2D eigenvalue weighted by Crippen LogP contribution is 2.21. The van der Waals surface area contributed by atoms with Gasteiger partial charge in [-0.25, -0.2) is 4.39 Å². The summed E-state index contributed by atoms with van der Waals surface area (Å²) in [5, 5.41) is 3.52. The predicted molar refractivity (Wildman–Crippen MR) is 75.6 cm³/mol. The van der Waals surface area contributed by atoms with E-state index in [2.05, 4.69) is 24.1 Å². The van der Waals surface area contributed by atoms with Gasteiger partial charge in [0.25, 0.3) is 0 Å². The van der Waals surface area contributed by atoms with Gasteiger partial charge in [0.15, 0.2) is 0 Å². The number of piperazine rings is 1. The van der Waals surface area contributed by atoms with Crippen molar-refractivity contribution in [1.29, 1.82) is 0 Å². The Balaban J connectivity index is 1.77. The molecule has 1 aliphatic rings. The van der Waals surface area contributed by atoms with Gasteiger partial charge in [0.2, 0.25) is 0 Å². The molecule has 0 amide bonds. The molecule has 2 nitrogen and oxygen atoms in total. The molecule has 1 fully saturated rings. The Morgan fingerprint density at radius 1 is 1.28 bits per heavy atom. The zero-order valence-corrected chi connectivity index (χ0v) is 11.8. The molecule has 0 saturated carbocycles. The van der Waals surface area contributed by atoms with Crippen molar-refractivity contribution in [2.24, 2.45) is 0 Å². The first-order chi connectivity index (χ1) is 8.65. The van der Waals surface area contributed by atoms with E-state index in [0.717, 1.165) is 30.3 Å². The van der Waals surface area contributed by atoms with Crippen molar-refractivity contribution in [2.45, 2.75) is 30.8 Å². The summed E-state index contributed by atoms with van der Waals surface area (Å²) in [4.78, 5) is 3.22. The van der Waals surface area contributed by atoms with E-state index in [0.29, 0.717) is 12.1 Å². The molecule has 1 saturated heterocycles. The summed E-state index contributed by atoms with van der Waals surface area (Å²) in [6.45, 7) is 7.62. The maximum Gasteiger partial charge on any atom is 0.136 e. The van der Waals surface area contributed by atoms with E-state index in [-0.39, 0.29) is 5.82 Å². The third-order valence-corrected chi connectivity index (χ3v) is 4.16. The summed E-state index contributed by atoms with van der Waals surface area (Å²) in [5.41, 5.74) is 0. The molecule has 4 heteroatoms. The smallest absolute Gasteiger partial charge is 0.136 e. The predicted octanol–water partition coefficient (Wildman–Crippen LogP) is 2.60. The second-order valence-corrected chi connectivity index (χ2v) is 6.14. The number of hydrogen-bond acceptors (Lipinski definition) is 3. The van der Waals surface area contributed by atoms with Crippen molar-refractivity contribution in [3.63, 3.8) is 0 Å². The van der Waals surface area contributed by atoms with Gasteiger partial charge in [-0.05, 0) is 26.0 Å². The first-order valence-corrected chi connectivity index (χ1v) is 7.49. The SMILES string of the molecule is CC1CN(CCSc2ccccc2F)CC(C)N1. The molecule has 0 aliphatic carbocycles. The van der Waals surface area contributed by atoms with Gasteiger partial charge in [-0.2, -0.15) is 0 Å². The molecule has 1 aromatic carbocycles. The number of halogens is 1. The minimum atomic E-state index is -0.107. The molecule has 0 aromatic heterocycles. The average molecular weight is 268 g/mol. The van der Waals surface area contributed by atoms with Crippen molar-refractivity contribution in [1.82, 2.24) is 10.2 Å². The summed E-state index contributed by atoms with van der Waals surface area (Å²) in [6, 6.07) is 8.10. The first-order valence-electron chi connectivity index (χ1n) is 6.51. The normalized spacial score (nSPS) is 25.3. The Bertz CT molecular complexity index is 376. The van der Waals surface area contributed by atoms with Crippen molar-refractivity contribution in [3.8, 4) is 0 Å². The van der Waals surface area contributed by atoms with Gasteiger partial charge in [0.1, 0.15) is 5.82 Å². The highest BCUT2D eigenvalue weighted by Gasteiger charge is 2.20. The molecular weight excluding hydrogens is 247 g/mol. The molecule has 2 rings (SSSR count). The second-order valence-electron chi connectivity index (χ2n) is 5.01. The van der Waals surface area contributed by atoms with Gasteiger partial charge in [-0.1, -0.05) is 12.1 Å². The summed E-state index contributed by atoms with van der Waals surface area (Å²) in [7, 11) is 0. The van der Waals surface area contributed by atoms with Gasteiger partial charge >= 0.3 is 0 Å². The Labute approximate surface area is 113 Å². The van der Waals surface area contributed by atoms with Crippen LogP contribution in [0.5, 0.6) is 0 Å². The quantitative estimate of drug-likeness (QED) is 0.845. The van der Waals surface area contributed by atoms with Crippen LogP contribution in [0.4, 0.5) is 4.39 Å². The number of hydrogen-bond donors (Lipinski definition) is 1. The van der Waals surface area contributed by atoms with Gasteiger partial charge in [-0.3, -0.25) is 4.90 Å². The van der Waals surface area contributed by atoms with Crippen molar-refractivity contribution in [2.75, 3.05) is 25.4 Å². The number of nitrogens with one attached hydrogen (secondary N) is 1. The molecule has 0 radical (unpaired) electrons. The topological polar surface area (TPSA) is 15.3 Å². The van der Waals surface area contributed by atoms with Crippen LogP contribution in [0.3, 0.4) is 0 Å². The van der Waals surface area contributed by atoms with E-state index in [1.54, 1.807) is 17.8 Å². The van der Waals surface area contributed by atoms with Crippen LogP contribution in [0.2, 0.25) is 0 Å². The fraction of sp³-hybridized carbons (Fsp3) is 0.571. The van der Waals surface area contributed by atoms with Crippen LogP contribution in [0.25, 0.3) is 0 Å². The number of rotatable bonds is 4. The van der Waals surface area contributed by atoms with Crippen LogP contribution >= 0.6 is 11.8 Å². The summed E-state index contributed by atoms with van der Waals surface area (Å²) < 4.78 is 13.4. The molecule has 1 N–H and O–H groups in total. The molecular formula is C14H21FN2S. The van der Waals surface area contributed by atoms with Crippen LogP contribution in [-0.4, -0.2) is 42.4 Å². The van der Waals surface area contributed by atoms with E-state index < -0.39 is 0 Å². The Morgan fingerprint density at radius 2 is 1.94 bits per heavy atom. The van der Waals surface area contributed by atoms with Crippen molar-refractivity contribution < 1.29 is 4.39 Å². The summed E-state index contributed by atoms with van der Waals surface area (Å²) >= 11 is 1.61. The lowest BCUT2D eigenvalue weighted by atomic mass is 10.1. The molecule has 2 atom stereocenters. The highest BCUT2D eigenvalue weighted by atomic mass is 32.2. The number of nitrogens with zero attached hydrogens (tertiary/aromatic N) is 1. The average Bonchev–Trinajstić information content (AvgIpc) is 2.30. The fourth-order valence-corrected chi connectivity index (χ4v) is 3.42. The van der Waals surface area contributed by atoms with E-state index in [4.69, 9.17) is 0 Å². The Hall–Kier alpha value is -0.580. The maximum absolute atomic E-state index is 13.4. The minimum absolute atomic E-state index is 0.107. The van der Waals surface area contributed by atoms with E-state index >= 15 is 0 Å². The zero-order chi connectivity index (χ0) is 13.0. The zero-order valence-electron chi connectivity index (χ0n) is 11.0. The van der Waals surface area contributed by atoms with Crippen LogP contribution in [-0.2, 0) is 0 Å². The molecule has 0 spiro atoms. The van der Waals surface area contributed by atoms with Crippen molar-refractivity contribution >= 4 is 11.8 Å². The third-order valence-electron chi connectivity index (χ3n) is 3.13. The van der Waals surface area contributed by atoms with E-state index in [1.165, 1.54) is 6.07 Å². The lowest BCUT2D eigenvalue weighted by Crippen LogP contribution is -2.54. The van der Waals surface area contributed by atoms with Crippen LogP contribution in [0.15, 0.2) is 29.2 Å². The largest absolute Gasteiger partial charge is 0.309 e. The standard InChI is InChI=1S/C14H21FN2S/c1-11-9-17(10-12(2)16-11)7-8-18-14-6-4-3-5-13(14)15/h3-6,11-12,16H,7-10H2,1-2H3. The van der Waals surface area contributed by atoms with E-state index in [9.17, 15) is 4.39 Å². The van der Waals surface area contributed by atoms with Crippen LogP contribution < -0.4 is 5.32 Å². The molecule has 1 aromatic rings. The molecule has 18 heavy (non-hydrogen) atoms. The lowest BCUT2D eigenvalue weighted by molar-refractivity contribution is 0.183. The molecule has 100 valence electrons. The molecule has 0 bridgehead atoms. The highest BCUT2D eigenvalue weighted by molar-refractivity contribution is 7.99. The van der Waals surface area contributed by atoms with Gasteiger partial charge in [-0.15, -0.1) is 11.8 Å². The lowest BCUT2D eigenvalue weighted by Gasteiger charge is -2.36. The Kier molecular flexibility index (Phi) is 5.03. The number of benzene rings is 1. The van der Waals surface area contributed by atoms with Gasteiger partial charge in [0.05, 0.1) is 0 Å². The minimum Gasteiger partial charge on any atom is -0.309 e. The van der Waals surface area contributed by atoms with Crippen LogP contribution in [0, 0.1) is 5.82 Å². The first kappa shape index (κ1) is 13.8. The molecule has 1 heterocycles. The third kappa shape index (κ3) is 3.97. The Morgan fingerprint density at radius 3 is 2.61 bits per heavy atom. The molecule has 2 unspecified atom stereocenters. The molecule has 1 aliphatic heterocycles. The summed E-state index contributed by atoms with van der Waals surface area (Å²) in [6.07, 6.45) is 0. The monoisotopic (exact) mass is 268 g/mol. The number of thioether (sulfide) groups is 1. The maximum atomic E-state index is 13.4.